The highest BCUT2D eigenvalue weighted by molar-refractivity contribution is 6.18. The van der Waals surface area contributed by atoms with Gasteiger partial charge in [-0.2, -0.15) is 18.3 Å². The van der Waals surface area contributed by atoms with Gasteiger partial charge < -0.3 is 4.74 Å². The van der Waals surface area contributed by atoms with Gasteiger partial charge >= 0.3 is 6.18 Å². The van der Waals surface area contributed by atoms with Gasteiger partial charge in [0.2, 0.25) is 0 Å². The third kappa shape index (κ3) is 6.06. The zero-order valence-electron chi connectivity index (χ0n) is 18.3. The van der Waals surface area contributed by atoms with Crippen LogP contribution in [0.3, 0.4) is 0 Å². The normalized spacial score (nSPS) is 13.2. The van der Waals surface area contributed by atoms with E-state index in [9.17, 15) is 18.4 Å². The lowest BCUT2D eigenvalue weighted by molar-refractivity contribution is -0.137. The summed E-state index contributed by atoms with van der Waals surface area (Å²) in [7, 11) is 1.60. The maximum absolute atomic E-state index is 13.0. The molecule has 0 bridgehead atoms. The van der Waals surface area contributed by atoms with Gasteiger partial charge in [-0.05, 0) is 49.6 Å². The van der Waals surface area contributed by atoms with E-state index in [4.69, 9.17) is 16.3 Å². The molecular weight excluding hydrogens is 457 g/mol. The van der Waals surface area contributed by atoms with Gasteiger partial charge in [0.1, 0.15) is 11.4 Å². The van der Waals surface area contributed by atoms with Crippen molar-refractivity contribution in [3.63, 3.8) is 0 Å². The summed E-state index contributed by atoms with van der Waals surface area (Å²) in [5, 5.41) is 13.9. The first kappa shape index (κ1) is 24.6. The minimum Gasteiger partial charge on any atom is -0.453 e. The first-order valence-electron chi connectivity index (χ1n) is 10.1. The highest BCUT2D eigenvalue weighted by Crippen LogP contribution is 2.33. The molecule has 0 aliphatic carbocycles. The van der Waals surface area contributed by atoms with E-state index in [1.165, 1.54) is 23.0 Å². The number of hydroxylamine groups is 1. The number of aryl methyl sites for hydroxylation is 3. The van der Waals surface area contributed by atoms with Crippen molar-refractivity contribution >= 4 is 17.4 Å². The van der Waals surface area contributed by atoms with Gasteiger partial charge in [0.05, 0.1) is 17.8 Å². The second kappa shape index (κ2) is 10.3. The van der Waals surface area contributed by atoms with E-state index in [0.29, 0.717) is 6.42 Å². The highest BCUT2D eigenvalue weighted by Gasteiger charge is 2.31. The number of amidine groups is 1. The number of hydrogen-bond acceptors (Lipinski definition) is 4. The number of nitrogens with zero attached hydrogens (tertiary/aromatic N) is 3. The number of aliphatic imine (C=N–C) groups is 1. The molecule has 33 heavy (non-hydrogen) atoms. The molecule has 1 atom stereocenters. The summed E-state index contributed by atoms with van der Waals surface area (Å²) in [4.78, 5) is 4.54. The van der Waals surface area contributed by atoms with E-state index in [1.807, 2.05) is 26.0 Å². The molecule has 0 saturated heterocycles. The van der Waals surface area contributed by atoms with Crippen LogP contribution in [0.1, 0.15) is 27.9 Å². The second-order valence-corrected chi connectivity index (χ2v) is 7.95. The van der Waals surface area contributed by atoms with E-state index in [2.05, 4.69) is 21.6 Å². The van der Waals surface area contributed by atoms with E-state index in [0.717, 1.165) is 28.8 Å². The number of halogens is 4. The molecule has 0 aliphatic heterocycles. The molecule has 6 nitrogen and oxygen atoms in total. The Hall–Kier alpha value is -3.04. The average molecular weight is 481 g/mol. The van der Waals surface area contributed by atoms with Crippen LogP contribution in [0.15, 0.2) is 53.7 Å². The number of ether oxygens (including phenoxy) is 1. The van der Waals surface area contributed by atoms with E-state index in [-0.39, 0.29) is 35.0 Å². The minimum absolute atomic E-state index is 0.0273. The van der Waals surface area contributed by atoms with Crippen molar-refractivity contribution in [3.05, 3.63) is 76.6 Å². The van der Waals surface area contributed by atoms with Crippen LogP contribution < -0.4 is 10.2 Å². The molecule has 1 unspecified atom stereocenters. The summed E-state index contributed by atoms with van der Waals surface area (Å²) in [6, 6.07) is 10.2. The Bertz CT molecular complexity index is 1140. The van der Waals surface area contributed by atoms with Crippen molar-refractivity contribution in [2.75, 3.05) is 5.88 Å². The fourth-order valence-electron chi connectivity index (χ4n) is 3.41. The van der Waals surface area contributed by atoms with Crippen LogP contribution in [0, 0.1) is 13.8 Å². The van der Waals surface area contributed by atoms with Crippen LogP contribution in [-0.4, -0.2) is 32.7 Å². The highest BCUT2D eigenvalue weighted by atomic mass is 35.5. The maximum Gasteiger partial charge on any atom is 0.416 e. The average Bonchev–Trinajstić information content (AvgIpc) is 3.12. The van der Waals surface area contributed by atoms with E-state index in [1.54, 1.807) is 7.05 Å². The Morgan fingerprint density at radius 3 is 2.64 bits per heavy atom. The van der Waals surface area contributed by atoms with Gasteiger partial charge in [0, 0.05) is 12.9 Å². The van der Waals surface area contributed by atoms with Crippen LogP contribution in [0.5, 0.6) is 11.5 Å². The third-order valence-corrected chi connectivity index (χ3v) is 5.42. The van der Waals surface area contributed by atoms with Gasteiger partial charge in [0.15, 0.2) is 11.6 Å². The quantitative estimate of drug-likeness (QED) is 0.205. The molecule has 2 aromatic carbocycles. The van der Waals surface area contributed by atoms with Gasteiger partial charge in [-0.25, -0.2) is 0 Å². The van der Waals surface area contributed by atoms with Crippen LogP contribution >= 0.6 is 11.6 Å². The fourth-order valence-corrected chi connectivity index (χ4v) is 3.59. The molecule has 176 valence electrons. The van der Waals surface area contributed by atoms with Crippen molar-refractivity contribution in [2.45, 2.75) is 32.5 Å². The number of aromatic nitrogens is 2. The number of nitrogens with one attached hydrogen (secondary N) is 1. The molecule has 0 saturated carbocycles. The van der Waals surface area contributed by atoms with Gasteiger partial charge in [-0.1, -0.05) is 29.8 Å². The molecule has 0 spiro atoms. The molecule has 1 heterocycles. The summed E-state index contributed by atoms with van der Waals surface area (Å²) in [5.74, 6) is 0.310. The summed E-state index contributed by atoms with van der Waals surface area (Å²) < 4.78 is 46.2. The Balaban J connectivity index is 1.91. The number of hydrogen-bond donors (Lipinski definition) is 2. The van der Waals surface area contributed by atoms with E-state index < -0.39 is 11.7 Å². The van der Waals surface area contributed by atoms with Crippen LogP contribution in [0.25, 0.3) is 0 Å². The predicted molar refractivity (Wildman–Crippen MR) is 120 cm³/mol. The summed E-state index contributed by atoms with van der Waals surface area (Å²) in [6.07, 6.45) is -2.64. The van der Waals surface area contributed by atoms with Gasteiger partial charge in [0.25, 0.3) is 0 Å². The van der Waals surface area contributed by atoms with Crippen LogP contribution in [0.2, 0.25) is 0 Å². The van der Waals surface area contributed by atoms with Crippen molar-refractivity contribution in [2.24, 2.45) is 12.0 Å². The molecule has 0 fully saturated rings. The van der Waals surface area contributed by atoms with Crippen molar-refractivity contribution in [3.8, 4) is 11.5 Å². The second-order valence-electron chi connectivity index (χ2n) is 7.64. The Labute approximate surface area is 194 Å². The van der Waals surface area contributed by atoms with E-state index >= 15 is 0 Å². The van der Waals surface area contributed by atoms with Crippen molar-refractivity contribution in [1.82, 2.24) is 15.3 Å². The summed E-state index contributed by atoms with van der Waals surface area (Å²) >= 11 is 6.16. The largest absolute Gasteiger partial charge is 0.453 e. The monoisotopic (exact) mass is 480 g/mol. The molecule has 10 heteroatoms. The lowest BCUT2D eigenvalue weighted by Crippen LogP contribution is -2.27. The minimum atomic E-state index is -4.50. The van der Waals surface area contributed by atoms with Crippen LogP contribution in [-0.2, 0) is 19.6 Å². The maximum atomic E-state index is 13.0. The van der Waals surface area contributed by atoms with Crippen LogP contribution in [0.4, 0.5) is 13.2 Å². The number of benzene rings is 2. The Morgan fingerprint density at radius 1 is 1.24 bits per heavy atom. The molecule has 1 aromatic heterocycles. The molecule has 0 amide bonds. The predicted octanol–water partition coefficient (Wildman–Crippen LogP) is 5.42. The first-order chi connectivity index (χ1) is 15.6. The molecule has 3 rings (SSSR count). The number of alkyl halides is 4. The molecule has 2 N–H and O–H groups in total. The third-order valence-electron chi connectivity index (χ3n) is 5.07. The SMILES string of the molecule is Cc1ccc(CC(CCl)N=C(NO)c2c(Oc3cccc(C(F)(F)F)c3)cnn2C)c(C)c1. The number of rotatable bonds is 7. The molecule has 0 aliphatic rings. The molecule has 3 aromatic rings. The fraction of sp³-hybridized carbons (Fsp3) is 0.304. The summed E-state index contributed by atoms with van der Waals surface area (Å²) in [5.41, 5.74) is 4.79. The van der Waals surface area contributed by atoms with Crippen molar-refractivity contribution in [1.29, 1.82) is 0 Å². The molecule has 0 radical (unpaired) electrons. The van der Waals surface area contributed by atoms with Crippen molar-refractivity contribution < 1.29 is 23.1 Å². The smallest absolute Gasteiger partial charge is 0.416 e. The lowest BCUT2D eigenvalue weighted by atomic mass is 10.00. The van der Waals surface area contributed by atoms with Gasteiger partial charge in [-0.3, -0.25) is 20.4 Å². The summed E-state index contributed by atoms with van der Waals surface area (Å²) in [6.45, 7) is 4.01. The zero-order valence-corrected chi connectivity index (χ0v) is 19.1. The van der Waals surface area contributed by atoms with Gasteiger partial charge in [-0.15, -0.1) is 11.6 Å². The zero-order chi connectivity index (χ0) is 24.2. The molecular formula is C23H24ClF3N4O2. The standard InChI is InChI=1S/C23H24ClF3N4O2/c1-14-7-8-16(15(2)9-14)10-18(12-24)29-22(30-32)21-20(13-28-31(21)3)33-19-6-4-5-17(11-19)23(25,26)27/h4-9,11,13,18,32H,10,12H2,1-3H3,(H,29,30). The topological polar surface area (TPSA) is 71.7 Å². The first-order valence-corrected chi connectivity index (χ1v) is 10.6. The lowest BCUT2D eigenvalue weighted by Gasteiger charge is -2.15. The Morgan fingerprint density at radius 2 is 2.00 bits per heavy atom. The Kier molecular flexibility index (Phi) is 7.65.